The van der Waals surface area contributed by atoms with Gasteiger partial charge >= 0.3 is 0 Å². The highest BCUT2D eigenvalue weighted by Crippen LogP contribution is 2.07. The average molecular weight is 262 g/mol. The average Bonchev–Trinajstić information content (AvgIpc) is 2.46. The monoisotopic (exact) mass is 262 g/mol. The first kappa shape index (κ1) is 14.0. The van der Waals surface area contributed by atoms with Gasteiger partial charge in [-0.05, 0) is 12.0 Å². The number of rotatable bonds is 5. The number of hydrogen-bond donors (Lipinski definition) is 1. The van der Waals surface area contributed by atoms with E-state index in [0.717, 1.165) is 44.7 Å². The second-order valence-electron chi connectivity index (χ2n) is 4.96. The number of hydrogen-bond acceptors (Lipinski definition) is 3. The zero-order valence-electron chi connectivity index (χ0n) is 11.3. The molecule has 0 aliphatic carbocycles. The summed E-state index contributed by atoms with van der Waals surface area (Å²) in [6, 6.07) is 9.89. The number of benzene rings is 1. The molecule has 1 heterocycles. The van der Waals surface area contributed by atoms with E-state index < -0.39 is 0 Å². The third-order valence-electron chi connectivity index (χ3n) is 3.56. The number of carbonyl (C=O) groups excluding carboxylic acids is 1. The van der Waals surface area contributed by atoms with E-state index in [1.54, 1.807) is 0 Å². The van der Waals surface area contributed by atoms with Gasteiger partial charge in [0.25, 0.3) is 0 Å². The highest BCUT2D eigenvalue weighted by Gasteiger charge is 2.20. The first-order valence-corrected chi connectivity index (χ1v) is 6.94. The quantitative estimate of drug-likeness (QED) is 0.852. The van der Waals surface area contributed by atoms with Crippen LogP contribution in [0.4, 0.5) is 0 Å². The SMILES string of the molecule is O=C(Cc1ccccc1)N1CCN(CCCO)CC1. The zero-order valence-corrected chi connectivity index (χ0v) is 11.3. The molecule has 104 valence electrons. The van der Waals surface area contributed by atoms with Crippen LogP contribution >= 0.6 is 0 Å². The predicted octanol–water partition coefficient (Wildman–Crippen LogP) is 0.756. The van der Waals surface area contributed by atoms with Crippen molar-refractivity contribution in [2.75, 3.05) is 39.3 Å². The number of nitrogens with zero attached hydrogens (tertiary/aromatic N) is 2. The molecule has 0 aromatic heterocycles. The molecule has 0 spiro atoms. The van der Waals surface area contributed by atoms with Gasteiger partial charge in [0, 0.05) is 39.3 Å². The molecule has 1 aliphatic rings. The molecule has 0 atom stereocenters. The van der Waals surface area contributed by atoms with Crippen molar-refractivity contribution < 1.29 is 9.90 Å². The van der Waals surface area contributed by atoms with Crippen molar-refractivity contribution in [3.63, 3.8) is 0 Å². The summed E-state index contributed by atoms with van der Waals surface area (Å²) in [5.74, 6) is 0.216. The molecule has 1 amide bonds. The van der Waals surface area contributed by atoms with E-state index in [9.17, 15) is 4.79 Å². The van der Waals surface area contributed by atoms with Gasteiger partial charge in [-0.25, -0.2) is 0 Å². The summed E-state index contributed by atoms with van der Waals surface area (Å²) in [6.45, 7) is 4.61. The van der Waals surface area contributed by atoms with Gasteiger partial charge in [0.05, 0.1) is 6.42 Å². The number of carbonyl (C=O) groups is 1. The Morgan fingerprint density at radius 1 is 1.11 bits per heavy atom. The Bertz CT molecular complexity index is 386. The van der Waals surface area contributed by atoms with Crippen LogP contribution in [0, 0.1) is 0 Å². The number of aliphatic hydroxyl groups excluding tert-OH is 1. The summed E-state index contributed by atoms with van der Waals surface area (Å²) >= 11 is 0. The van der Waals surface area contributed by atoms with Crippen LogP contribution in [0.15, 0.2) is 30.3 Å². The van der Waals surface area contributed by atoms with Gasteiger partial charge in [-0.1, -0.05) is 30.3 Å². The van der Waals surface area contributed by atoms with Crippen molar-refractivity contribution >= 4 is 5.91 Å². The molecule has 1 saturated heterocycles. The lowest BCUT2D eigenvalue weighted by atomic mass is 10.1. The normalized spacial score (nSPS) is 16.6. The molecular weight excluding hydrogens is 240 g/mol. The third kappa shape index (κ3) is 4.33. The predicted molar refractivity (Wildman–Crippen MR) is 74.9 cm³/mol. The van der Waals surface area contributed by atoms with Gasteiger partial charge in [0.2, 0.25) is 5.91 Å². The Labute approximate surface area is 114 Å². The van der Waals surface area contributed by atoms with Gasteiger partial charge < -0.3 is 10.0 Å². The summed E-state index contributed by atoms with van der Waals surface area (Å²) in [6.07, 6.45) is 1.31. The van der Waals surface area contributed by atoms with Crippen LogP contribution in [0.1, 0.15) is 12.0 Å². The highest BCUT2D eigenvalue weighted by molar-refractivity contribution is 5.78. The maximum atomic E-state index is 12.2. The van der Waals surface area contributed by atoms with Crippen LogP contribution in [0.25, 0.3) is 0 Å². The van der Waals surface area contributed by atoms with Crippen LogP contribution in [0.2, 0.25) is 0 Å². The zero-order chi connectivity index (χ0) is 13.5. The van der Waals surface area contributed by atoms with Crippen molar-refractivity contribution in [1.82, 2.24) is 9.80 Å². The van der Waals surface area contributed by atoms with Crippen molar-refractivity contribution in [1.29, 1.82) is 0 Å². The molecule has 0 unspecified atom stereocenters. The van der Waals surface area contributed by atoms with E-state index in [-0.39, 0.29) is 12.5 Å². The number of aliphatic hydroxyl groups is 1. The summed E-state index contributed by atoms with van der Waals surface area (Å²) in [5, 5.41) is 8.81. The topological polar surface area (TPSA) is 43.8 Å². The molecule has 4 heteroatoms. The molecule has 0 bridgehead atoms. The standard InChI is InChI=1S/C15H22N2O2/c18-12-4-7-16-8-10-17(11-9-16)15(19)13-14-5-2-1-3-6-14/h1-3,5-6,18H,4,7-13H2. The fourth-order valence-electron chi connectivity index (χ4n) is 2.40. The van der Waals surface area contributed by atoms with Crippen LogP contribution in [-0.2, 0) is 11.2 Å². The van der Waals surface area contributed by atoms with Gasteiger partial charge in [-0.15, -0.1) is 0 Å². The van der Waals surface area contributed by atoms with Crippen molar-refractivity contribution in [3.8, 4) is 0 Å². The van der Waals surface area contributed by atoms with Crippen LogP contribution < -0.4 is 0 Å². The molecule has 1 aliphatic heterocycles. The first-order chi connectivity index (χ1) is 9.29. The van der Waals surface area contributed by atoms with Gasteiger partial charge in [-0.3, -0.25) is 9.69 Å². The van der Waals surface area contributed by atoms with Gasteiger partial charge in [-0.2, -0.15) is 0 Å². The lowest BCUT2D eigenvalue weighted by Gasteiger charge is -2.34. The summed E-state index contributed by atoms with van der Waals surface area (Å²) in [5.41, 5.74) is 1.08. The smallest absolute Gasteiger partial charge is 0.227 e. The number of piperazine rings is 1. The highest BCUT2D eigenvalue weighted by atomic mass is 16.3. The largest absolute Gasteiger partial charge is 0.396 e. The fourth-order valence-corrected chi connectivity index (χ4v) is 2.40. The van der Waals surface area contributed by atoms with E-state index in [4.69, 9.17) is 5.11 Å². The van der Waals surface area contributed by atoms with E-state index in [2.05, 4.69) is 4.90 Å². The maximum Gasteiger partial charge on any atom is 0.227 e. The Kier molecular flexibility index (Phi) is 5.36. The Morgan fingerprint density at radius 2 is 1.79 bits per heavy atom. The molecule has 1 fully saturated rings. The summed E-state index contributed by atoms with van der Waals surface area (Å²) in [4.78, 5) is 16.4. The van der Waals surface area contributed by atoms with E-state index in [1.807, 2.05) is 35.2 Å². The van der Waals surface area contributed by atoms with Crippen molar-refractivity contribution in [3.05, 3.63) is 35.9 Å². The number of amides is 1. The molecule has 0 saturated carbocycles. The van der Waals surface area contributed by atoms with Gasteiger partial charge in [0.1, 0.15) is 0 Å². The molecule has 0 radical (unpaired) electrons. The lowest BCUT2D eigenvalue weighted by Crippen LogP contribution is -2.49. The summed E-state index contributed by atoms with van der Waals surface area (Å²) in [7, 11) is 0. The van der Waals surface area contributed by atoms with E-state index >= 15 is 0 Å². The second kappa shape index (κ2) is 7.26. The van der Waals surface area contributed by atoms with Gasteiger partial charge in [0.15, 0.2) is 0 Å². The molecule has 1 aromatic carbocycles. The Balaban J connectivity index is 1.76. The van der Waals surface area contributed by atoms with Crippen LogP contribution in [0.5, 0.6) is 0 Å². The molecule has 2 rings (SSSR count). The molecular formula is C15H22N2O2. The molecule has 1 aromatic rings. The van der Waals surface area contributed by atoms with Crippen molar-refractivity contribution in [2.45, 2.75) is 12.8 Å². The fraction of sp³-hybridized carbons (Fsp3) is 0.533. The second-order valence-corrected chi connectivity index (χ2v) is 4.96. The minimum absolute atomic E-state index is 0.216. The Hall–Kier alpha value is -1.39. The summed E-state index contributed by atoms with van der Waals surface area (Å²) < 4.78 is 0. The molecule has 19 heavy (non-hydrogen) atoms. The minimum atomic E-state index is 0.216. The first-order valence-electron chi connectivity index (χ1n) is 6.94. The third-order valence-corrected chi connectivity index (χ3v) is 3.56. The minimum Gasteiger partial charge on any atom is -0.396 e. The molecule has 4 nitrogen and oxygen atoms in total. The van der Waals surface area contributed by atoms with Crippen LogP contribution in [0.3, 0.4) is 0 Å². The molecule has 1 N–H and O–H groups in total. The van der Waals surface area contributed by atoms with E-state index in [1.165, 1.54) is 0 Å². The van der Waals surface area contributed by atoms with Crippen molar-refractivity contribution in [2.24, 2.45) is 0 Å². The maximum absolute atomic E-state index is 12.2. The Morgan fingerprint density at radius 3 is 2.42 bits per heavy atom. The lowest BCUT2D eigenvalue weighted by molar-refractivity contribution is -0.132. The van der Waals surface area contributed by atoms with E-state index in [0.29, 0.717) is 6.42 Å². The van der Waals surface area contributed by atoms with Crippen LogP contribution in [-0.4, -0.2) is 60.1 Å².